The van der Waals surface area contributed by atoms with Crippen molar-refractivity contribution in [3.8, 4) is 0 Å². The quantitative estimate of drug-likeness (QED) is 0.675. The molecule has 0 aliphatic rings. The van der Waals surface area contributed by atoms with Crippen molar-refractivity contribution >= 4 is 11.4 Å². The monoisotopic (exact) mass is 164 g/mol. The fourth-order valence-electron chi connectivity index (χ4n) is 0.887. The highest BCUT2D eigenvalue weighted by Crippen LogP contribution is 2.17. The SMILES string of the molecule is C=C(OC)c1nc(C)ccc1N. The zero-order chi connectivity index (χ0) is 9.14. The van der Waals surface area contributed by atoms with Crippen LogP contribution < -0.4 is 5.73 Å². The van der Waals surface area contributed by atoms with Crippen molar-refractivity contribution in [3.05, 3.63) is 30.1 Å². The Balaban J connectivity index is 3.13. The van der Waals surface area contributed by atoms with Gasteiger partial charge in [0, 0.05) is 5.69 Å². The predicted octanol–water partition coefficient (Wildman–Crippen LogP) is 1.59. The van der Waals surface area contributed by atoms with E-state index in [4.69, 9.17) is 10.5 Å². The van der Waals surface area contributed by atoms with E-state index in [0.29, 0.717) is 17.1 Å². The Morgan fingerprint density at radius 2 is 2.25 bits per heavy atom. The smallest absolute Gasteiger partial charge is 0.139 e. The van der Waals surface area contributed by atoms with Crippen LogP contribution in [0.15, 0.2) is 18.7 Å². The van der Waals surface area contributed by atoms with Gasteiger partial charge in [-0.3, -0.25) is 0 Å². The standard InChI is InChI=1S/C9H12N2O/c1-6-4-5-8(10)9(11-6)7(2)12-3/h4-5H,2,10H2,1,3H3. The van der Waals surface area contributed by atoms with Gasteiger partial charge in [0.15, 0.2) is 0 Å². The molecule has 3 nitrogen and oxygen atoms in total. The van der Waals surface area contributed by atoms with E-state index in [-0.39, 0.29) is 0 Å². The molecule has 0 unspecified atom stereocenters. The van der Waals surface area contributed by atoms with Crippen LogP contribution in [0.2, 0.25) is 0 Å². The number of nitrogen functional groups attached to an aromatic ring is 1. The summed E-state index contributed by atoms with van der Waals surface area (Å²) in [6.07, 6.45) is 0. The second-order valence-electron chi connectivity index (χ2n) is 2.52. The Hall–Kier alpha value is -1.51. The highest BCUT2D eigenvalue weighted by atomic mass is 16.5. The highest BCUT2D eigenvalue weighted by molar-refractivity contribution is 5.66. The number of rotatable bonds is 2. The molecule has 0 fully saturated rings. The average molecular weight is 164 g/mol. The number of pyridine rings is 1. The van der Waals surface area contributed by atoms with Crippen molar-refractivity contribution < 1.29 is 4.74 Å². The minimum atomic E-state index is 0.496. The van der Waals surface area contributed by atoms with Gasteiger partial charge in [0.05, 0.1) is 12.8 Å². The summed E-state index contributed by atoms with van der Waals surface area (Å²) in [5, 5.41) is 0. The molecule has 1 aromatic heterocycles. The zero-order valence-electron chi connectivity index (χ0n) is 7.29. The van der Waals surface area contributed by atoms with Crippen LogP contribution in [-0.4, -0.2) is 12.1 Å². The van der Waals surface area contributed by atoms with Crippen LogP contribution in [0.1, 0.15) is 11.4 Å². The summed E-state index contributed by atoms with van der Waals surface area (Å²) in [4.78, 5) is 4.19. The van der Waals surface area contributed by atoms with Crippen molar-refractivity contribution in [3.63, 3.8) is 0 Å². The molecule has 0 saturated heterocycles. The summed E-state index contributed by atoms with van der Waals surface area (Å²) in [7, 11) is 1.55. The molecule has 0 amide bonds. The minimum absolute atomic E-state index is 0.496. The topological polar surface area (TPSA) is 48.1 Å². The first-order valence-electron chi connectivity index (χ1n) is 3.61. The van der Waals surface area contributed by atoms with Crippen molar-refractivity contribution in [1.82, 2.24) is 4.98 Å². The summed E-state index contributed by atoms with van der Waals surface area (Å²) < 4.78 is 4.94. The number of aryl methyl sites for hydroxylation is 1. The average Bonchev–Trinajstić information content (AvgIpc) is 2.08. The van der Waals surface area contributed by atoms with E-state index >= 15 is 0 Å². The summed E-state index contributed by atoms with van der Waals surface area (Å²) in [6, 6.07) is 3.64. The summed E-state index contributed by atoms with van der Waals surface area (Å²) >= 11 is 0. The van der Waals surface area contributed by atoms with Gasteiger partial charge in [-0.05, 0) is 19.1 Å². The molecular weight excluding hydrogens is 152 g/mol. The third-order valence-electron chi connectivity index (χ3n) is 1.58. The molecule has 0 aliphatic heterocycles. The lowest BCUT2D eigenvalue weighted by molar-refractivity contribution is 0.370. The molecule has 0 bridgehead atoms. The van der Waals surface area contributed by atoms with Gasteiger partial charge in [-0.1, -0.05) is 6.58 Å². The number of ether oxygens (including phenoxy) is 1. The Morgan fingerprint density at radius 3 is 2.83 bits per heavy atom. The molecule has 0 radical (unpaired) electrons. The number of hydrogen-bond acceptors (Lipinski definition) is 3. The number of aromatic nitrogens is 1. The fraction of sp³-hybridized carbons (Fsp3) is 0.222. The first-order chi connectivity index (χ1) is 5.65. The van der Waals surface area contributed by atoms with E-state index in [1.807, 2.05) is 13.0 Å². The normalized spacial score (nSPS) is 9.50. The third kappa shape index (κ3) is 1.56. The van der Waals surface area contributed by atoms with E-state index in [2.05, 4.69) is 11.6 Å². The predicted molar refractivity (Wildman–Crippen MR) is 49.4 cm³/mol. The molecule has 0 atom stereocenters. The van der Waals surface area contributed by atoms with Crippen LogP contribution in [0.4, 0.5) is 5.69 Å². The summed E-state index contributed by atoms with van der Waals surface area (Å²) in [6.45, 7) is 5.58. The van der Waals surface area contributed by atoms with Crippen LogP contribution >= 0.6 is 0 Å². The van der Waals surface area contributed by atoms with Crippen LogP contribution in [0.3, 0.4) is 0 Å². The maximum atomic E-state index is 5.66. The highest BCUT2D eigenvalue weighted by Gasteiger charge is 2.04. The van der Waals surface area contributed by atoms with Crippen molar-refractivity contribution in [2.45, 2.75) is 6.92 Å². The number of nitrogens with zero attached hydrogens (tertiary/aromatic N) is 1. The lowest BCUT2D eigenvalue weighted by atomic mass is 10.2. The number of hydrogen-bond donors (Lipinski definition) is 1. The molecule has 12 heavy (non-hydrogen) atoms. The molecule has 1 aromatic rings. The molecule has 64 valence electrons. The largest absolute Gasteiger partial charge is 0.495 e. The van der Waals surface area contributed by atoms with Gasteiger partial charge in [0.1, 0.15) is 11.5 Å². The maximum Gasteiger partial charge on any atom is 0.139 e. The second-order valence-corrected chi connectivity index (χ2v) is 2.52. The van der Waals surface area contributed by atoms with Crippen molar-refractivity contribution in [2.75, 3.05) is 12.8 Å². The lowest BCUT2D eigenvalue weighted by Crippen LogP contribution is -1.99. The second kappa shape index (κ2) is 3.26. The summed E-state index contributed by atoms with van der Waals surface area (Å²) in [5.74, 6) is 0.496. The Kier molecular flexibility index (Phi) is 2.33. The molecule has 1 heterocycles. The Morgan fingerprint density at radius 1 is 1.58 bits per heavy atom. The molecule has 0 aromatic carbocycles. The van der Waals surface area contributed by atoms with Gasteiger partial charge >= 0.3 is 0 Å². The van der Waals surface area contributed by atoms with E-state index in [0.717, 1.165) is 5.69 Å². The molecule has 2 N–H and O–H groups in total. The third-order valence-corrected chi connectivity index (χ3v) is 1.58. The van der Waals surface area contributed by atoms with E-state index < -0.39 is 0 Å². The van der Waals surface area contributed by atoms with Gasteiger partial charge in [-0.15, -0.1) is 0 Å². The van der Waals surface area contributed by atoms with E-state index in [9.17, 15) is 0 Å². The fourth-order valence-corrected chi connectivity index (χ4v) is 0.887. The first-order valence-corrected chi connectivity index (χ1v) is 3.61. The number of methoxy groups -OCH3 is 1. The van der Waals surface area contributed by atoms with Gasteiger partial charge in [-0.2, -0.15) is 0 Å². The molecule has 1 rings (SSSR count). The molecular formula is C9H12N2O. The number of anilines is 1. The Labute approximate surface area is 71.9 Å². The maximum absolute atomic E-state index is 5.66. The molecule has 0 aliphatic carbocycles. The van der Waals surface area contributed by atoms with Crippen LogP contribution in [0.25, 0.3) is 5.76 Å². The van der Waals surface area contributed by atoms with Crippen LogP contribution in [0, 0.1) is 6.92 Å². The minimum Gasteiger partial charge on any atom is -0.495 e. The lowest BCUT2D eigenvalue weighted by Gasteiger charge is -2.06. The van der Waals surface area contributed by atoms with E-state index in [1.165, 1.54) is 0 Å². The summed E-state index contributed by atoms with van der Waals surface area (Å²) in [5.41, 5.74) is 7.78. The zero-order valence-corrected chi connectivity index (χ0v) is 7.29. The van der Waals surface area contributed by atoms with Gasteiger partial charge in [0.25, 0.3) is 0 Å². The molecule has 0 saturated carbocycles. The van der Waals surface area contributed by atoms with E-state index in [1.54, 1.807) is 13.2 Å². The Bertz CT molecular complexity index is 307. The number of nitrogens with two attached hydrogens (primary N) is 1. The van der Waals surface area contributed by atoms with Gasteiger partial charge in [-0.25, -0.2) is 4.98 Å². The first kappa shape index (κ1) is 8.59. The van der Waals surface area contributed by atoms with Crippen molar-refractivity contribution in [2.24, 2.45) is 0 Å². The molecule has 3 heteroatoms. The van der Waals surface area contributed by atoms with Gasteiger partial charge in [0.2, 0.25) is 0 Å². The van der Waals surface area contributed by atoms with Crippen molar-refractivity contribution in [1.29, 1.82) is 0 Å². The van der Waals surface area contributed by atoms with Gasteiger partial charge < -0.3 is 10.5 Å². The van der Waals surface area contributed by atoms with Crippen LogP contribution in [0.5, 0.6) is 0 Å². The van der Waals surface area contributed by atoms with Crippen LogP contribution in [-0.2, 0) is 4.74 Å². The molecule has 0 spiro atoms.